The zero-order valence-corrected chi connectivity index (χ0v) is 32.9. The van der Waals surface area contributed by atoms with E-state index < -0.39 is 71.5 Å². The summed E-state index contributed by atoms with van der Waals surface area (Å²) < 4.78 is 10.5. The van der Waals surface area contributed by atoms with Gasteiger partial charge in [-0.05, 0) is 83.5 Å². The Labute approximate surface area is 318 Å². The third-order valence-corrected chi connectivity index (χ3v) is 7.72. The van der Waals surface area contributed by atoms with Crippen LogP contribution in [-0.4, -0.2) is 111 Å². The molecule has 0 aliphatic rings. The van der Waals surface area contributed by atoms with E-state index in [4.69, 9.17) is 15.2 Å². The molecule has 54 heavy (non-hydrogen) atoms. The largest absolute Gasteiger partial charge is 0.445 e. The first-order valence-electron chi connectivity index (χ1n) is 18.1. The number of nitrogens with zero attached hydrogens (tertiary/aromatic N) is 1. The molecule has 1 aromatic rings. The molecule has 18 nitrogen and oxygen atoms in total. The SMILES string of the molecule is CNCCN(C)C(=O)OCc1ccc(NC(=O)[C@H](CCCNC(N)=O)NC(=O)C(NC(=O)[C@H](CCCCNC(=O)OC(C)(C)C)NC(C)=O)C(C)C)cc1. The molecule has 0 spiro atoms. The van der Waals surface area contributed by atoms with Gasteiger partial charge in [0.1, 0.15) is 30.3 Å². The molecular weight excluding hydrogens is 702 g/mol. The van der Waals surface area contributed by atoms with Gasteiger partial charge in [-0.15, -0.1) is 0 Å². The summed E-state index contributed by atoms with van der Waals surface area (Å²) in [6.07, 6.45) is 0.590. The lowest BCUT2D eigenvalue weighted by atomic mass is 10.0. The molecule has 1 rings (SSSR count). The Hall–Kier alpha value is -5.13. The lowest BCUT2D eigenvalue weighted by Gasteiger charge is -2.27. The molecule has 0 aliphatic heterocycles. The van der Waals surface area contributed by atoms with Crippen molar-refractivity contribution >= 4 is 47.5 Å². The van der Waals surface area contributed by atoms with Crippen molar-refractivity contribution in [2.45, 2.75) is 104 Å². The van der Waals surface area contributed by atoms with Gasteiger partial charge >= 0.3 is 18.2 Å². The highest BCUT2D eigenvalue weighted by Crippen LogP contribution is 2.14. The average Bonchev–Trinajstić information content (AvgIpc) is 3.08. The second-order valence-electron chi connectivity index (χ2n) is 14.2. The van der Waals surface area contributed by atoms with Gasteiger partial charge < -0.3 is 57.3 Å². The summed E-state index contributed by atoms with van der Waals surface area (Å²) >= 11 is 0. The van der Waals surface area contributed by atoms with Crippen LogP contribution in [0.3, 0.4) is 0 Å². The number of nitrogens with one attached hydrogen (secondary N) is 7. The van der Waals surface area contributed by atoms with Crippen LogP contribution < -0.4 is 43.0 Å². The lowest BCUT2D eigenvalue weighted by molar-refractivity contribution is -0.133. The molecule has 9 N–H and O–H groups in total. The van der Waals surface area contributed by atoms with Crippen molar-refractivity contribution in [3.05, 3.63) is 29.8 Å². The first-order valence-corrected chi connectivity index (χ1v) is 18.1. The van der Waals surface area contributed by atoms with Crippen molar-refractivity contribution in [1.82, 2.24) is 36.8 Å². The second-order valence-corrected chi connectivity index (χ2v) is 14.2. The maximum Gasteiger partial charge on any atom is 0.409 e. The number of carbonyl (C=O) groups excluding carboxylic acids is 7. The van der Waals surface area contributed by atoms with Crippen LogP contribution in [0.15, 0.2) is 24.3 Å². The standard InChI is InChI=1S/C36H61N9O9/c1-23(2)29(44-31(48)27(41-24(3)46)12-9-10-18-40-34(51)54-36(4,5)6)32(49)43-28(13-11-19-39-33(37)50)30(47)42-26-16-14-25(15-17-26)22-53-35(52)45(8)21-20-38-7/h14-17,23,27-29,38H,9-13,18-22H2,1-8H3,(H,40,51)(H,41,46)(H,42,47)(H,43,49)(H,44,48)(H3,37,39,50)/t27-,28-,29?/m0/s1. The number of likely N-dealkylation sites (N-methyl/N-ethyl adjacent to an activating group) is 2. The monoisotopic (exact) mass is 763 g/mol. The number of anilines is 1. The van der Waals surface area contributed by atoms with Gasteiger partial charge in [0.25, 0.3) is 0 Å². The maximum atomic E-state index is 13.6. The van der Waals surface area contributed by atoms with Gasteiger partial charge in [-0.25, -0.2) is 14.4 Å². The predicted octanol–water partition coefficient (Wildman–Crippen LogP) is 1.69. The molecular formula is C36H61N9O9. The van der Waals surface area contributed by atoms with E-state index in [1.54, 1.807) is 73.0 Å². The van der Waals surface area contributed by atoms with Crippen molar-refractivity contribution in [2.75, 3.05) is 45.6 Å². The van der Waals surface area contributed by atoms with Crippen molar-refractivity contribution < 1.29 is 43.0 Å². The van der Waals surface area contributed by atoms with Crippen LogP contribution >= 0.6 is 0 Å². The molecule has 0 saturated heterocycles. The molecule has 1 aromatic carbocycles. The minimum Gasteiger partial charge on any atom is -0.445 e. The average molecular weight is 764 g/mol. The summed E-state index contributed by atoms with van der Waals surface area (Å²) in [5.41, 5.74) is 5.64. The number of nitrogens with two attached hydrogens (primary N) is 1. The smallest absolute Gasteiger partial charge is 0.409 e. The van der Waals surface area contributed by atoms with E-state index in [2.05, 4.69) is 37.2 Å². The normalized spacial score (nSPS) is 12.7. The Morgan fingerprint density at radius 1 is 0.796 bits per heavy atom. The number of hydrogen-bond acceptors (Lipinski definition) is 10. The molecule has 304 valence electrons. The predicted molar refractivity (Wildman–Crippen MR) is 203 cm³/mol. The van der Waals surface area contributed by atoms with Gasteiger partial charge in [-0.2, -0.15) is 0 Å². The van der Waals surface area contributed by atoms with E-state index in [0.29, 0.717) is 50.1 Å². The Kier molecular flexibility index (Phi) is 21.0. The van der Waals surface area contributed by atoms with Gasteiger partial charge in [-0.1, -0.05) is 26.0 Å². The summed E-state index contributed by atoms with van der Waals surface area (Å²) in [6, 6.07) is 2.82. The number of benzene rings is 1. The number of alkyl carbamates (subject to hydrolysis) is 1. The number of carbonyl (C=O) groups is 7. The van der Waals surface area contributed by atoms with Crippen molar-refractivity contribution in [3.8, 4) is 0 Å². The fourth-order valence-electron chi connectivity index (χ4n) is 4.87. The quantitative estimate of drug-likeness (QED) is 0.0794. The Morgan fingerprint density at radius 3 is 1.98 bits per heavy atom. The van der Waals surface area contributed by atoms with Crippen LogP contribution in [0.25, 0.3) is 0 Å². The number of ether oxygens (including phenoxy) is 2. The summed E-state index contributed by atoms with van der Waals surface area (Å²) in [5.74, 6) is -2.59. The van der Waals surface area contributed by atoms with E-state index in [-0.39, 0.29) is 26.0 Å². The molecule has 0 aliphatic carbocycles. The highest BCUT2D eigenvalue weighted by Gasteiger charge is 2.31. The van der Waals surface area contributed by atoms with Crippen LogP contribution in [0, 0.1) is 5.92 Å². The fourth-order valence-corrected chi connectivity index (χ4v) is 4.87. The summed E-state index contributed by atoms with van der Waals surface area (Å²) in [6.45, 7) is 11.6. The number of hydrogen-bond donors (Lipinski definition) is 8. The lowest BCUT2D eigenvalue weighted by Crippen LogP contribution is -2.57. The van der Waals surface area contributed by atoms with Crippen LogP contribution in [0.4, 0.5) is 20.1 Å². The van der Waals surface area contributed by atoms with Gasteiger partial charge in [0.15, 0.2) is 0 Å². The first kappa shape index (κ1) is 46.9. The third kappa shape index (κ3) is 20.2. The molecule has 0 fully saturated rings. The highest BCUT2D eigenvalue weighted by molar-refractivity contribution is 5.99. The Bertz CT molecular complexity index is 1380. The second kappa shape index (κ2) is 24.2. The summed E-state index contributed by atoms with van der Waals surface area (Å²) in [7, 11) is 3.42. The van der Waals surface area contributed by atoms with E-state index in [1.165, 1.54) is 11.8 Å². The molecule has 8 amide bonds. The molecule has 0 aromatic heterocycles. The number of primary amides is 1. The molecule has 1 unspecified atom stereocenters. The molecule has 18 heteroatoms. The topological polar surface area (TPSA) is 251 Å². The zero-order chi connectivity index (χ0) is 40.8. The van der Waals surface area contributed by atoms with Crippen LogP contribution in [0.1, 0.15) is 79.2 Å². The van der Waals surface area contributed by atoms with E-state index in [0.717, 1.165) is 0 Å². The van der Waals surface area contributed by atoms with E-state index in [1.807, 2.05) is 0 Å². The summed E-state index contributed by atoms with van der Waals surface area (Å²) in [4.78, 5) is 89.2. The van der Waals surface area contributed by atoms with Gasteiger partial charge in [0.05, 0.1) is 0 Å². The van der Waals surface area contributed by atoms with Crippen LogP contribution in [0.2, 0.25) is 0 Å². The number of urea groups is 1. The number of amides is 8. The Balaban J connectivity index is 2.95. The van der Waals surface area contributed by atoms with E-state index >= 15 is 0 Å². The molecule has 3 atom stereocenters. The molecule has 0 radical (unpaired) electrons. The zero-order valence-electron chi connectivity index (χ0n) is 32.9. The summed E-state index contributed by atoms with van der Waals surface area (Å²) in [5, 5.41) is 18.9. The van der Waals surface area contributed by atoms with Crippen LogP contribution in [0.5, 0.6) is 0 Å². The van der Waals surface area contributed by atoms with Crippen molar-refractivity contribution in [2.24, 2.45) is 11.7 Å². The van der Waals surface area contributed by atoms with Gasteiger partial charge in [0, 0.05) is 45.8 Å². The molecule has 0 saturated carbocycles. The molecule has 0 heterocycles. The van der Waals surface area contributed by atoms with Crippen LogP contribution in [-0.2, 0) is 35.3 Å². The minimum absolute atomic E-state index is 0.0267. The fraction of sp³-hybridized carbons (Fsp3) is 0.639. The van der Waals surface area contributed by atoms with Crippen molar-refractivity contribution in [1.29, 1.82) is 0 Å². The minimum atomic E-state index is -1.07. The highest BCUT2D eigenvalue weighted by atomic mass is 16.6. The maximum absolute atomic E-state index is 13.6. The third-order valence-electron chi connectivity index (χ3n) is 7.72. The Morgan fingerprint density at radius 2 is 1.41 bits per heavy atom. The number of rotatable bonds is 22. The first-order chi connectivity index (χ1) is 25.3. The van der Waals surface area contributed by atoms with Gasteiger partial charge in [0.2, 0.25) is 23.6 Å². The van der Waals surface area contributed by atoms with Gasteiger partial charge in [-0.3, -0.25) is 19.2 Å². The number of unbranched alkanes of at least 4 members (excludes halogenated alkanes) is 1. The molecule has 0 bridgehead atoms. The van der Waals surface area contributed by atoms with Crippen molar-refractivity contribution in [3.63, 3.8) is 0 Å². The van der Waals surface area contributed by atoms with E-state index in [9.17, 15) is 33.6 Å².